The van der Waals surface area contributed by atoms with Crippen LogP contribution in [-0.2, 0) is 19.1 Å². The largest absolute Gasteiger partial charge is 0.468 e. The van der Waals surface area contributed by atoms with E-state index >= 15 is 0 Å². The van der Waals surface area contributed by atoms with E-state index in [0.717, 1.165) is 0 Å². The average molecular weight is 236 g/mol. The summed E-state index contributed by atoms with van der Waals surface area (Å²) in [5, 5.41) is 2.62. The molecule has 0 bridgehead atoms. The van der Waals surface area contributed by atoms with E-state index in [1.54, 1.807) is 18.3 Å². The second-order valence-electron chi connectivity index (χ2n) is 3.76. The molecule has 1 saturated heterocycles. The zero-order valence-corrected chi connectivity index (χ0v) is 9.30. The molecule has 1 fully saturated rings. The van der Waals surface area contributed by atoms with Gasteiger partial charge >= 0.3 is 5.97 Å². The molecule has 1 aliphatic heterocycles. The number of nitrogens with one attached hydrogen (secondary N) is 1. The number of ether oxygens (including phenoxy) is 2. The second kappa shape index (κ2) is 4.50. The van der Waals surface area contributed by atoms with Crippen LogP contribution in [0.25, 0.3) is 0 Å². The van der Waals surface area contributed by atoms with E-state index in [1.807, 2.05) is 0 Å². The van der Waals surface area contributed by atoms with Gasteiger partial charge in [0, 0.05) is 6.20 Å². The molecule has 1 N–H and O–H groups in total. The van der Waals surface area contributed by atoms with Crippen molar-refractivity contribution in [3.05, 3.63) is 24.5 Å². The molecule has 6 heteroatoms. The van der Waals surface area contributed by atoms with E-state index in [9.17, 15) is 9.59 Å². The van der Waals surface area contributed by atoms with Gasteiger partial charge in [-0.25, -0.2) is 0 Å². The van der Waals surface area contributed by atoms with Gasteiger partial charge in [0.25, 0.3) is 0 Å². The Balaban J connectivity index is 2.11. The smallest absolute Gasteiger partial charge is 0.326 e. The zero-order chi connectivity index (χ0) is 12.3. The first-order chi connectivity index (χ1) is 8.19. The van der Waals surface area contributed by atoms with Crippen LogP contribution in [0.1, 0.15) is 0 Å². The number of carbonyl (C=O) groups is 2. The third-order valence-corrected chi connectivity index (χ3v) is 2.63. The molecule has 2 heterocycles. The van der Waals surface area contributed by atoms with Crippen molar-refractivity contribution >= 4 is 17.6 Å². The van der Waals surface area contributed by atoms with Gasteiger partial charge in [0.05, 0.1) is 32.2 Å². The summed E-state index contributed by atoms with van der Waals surface area (Å²) >= 11 is 0. The predicted octanol–water partition coefficient (Wildman–Crippen LogP) is 0.210. The molecule has 1 aromatic heterocycles. The fourth-order valence-corrected chi connectivity index (χ4v) is 1.53. The maximum atomic E-state index is 12.0. The number of esters is 1. The Kier molecular flexibility index (Phi) is 3.06. The van der Waals surface area contributed by atoms with E-state index < -0.39 is 17.3 Å². The van der Waals surface area contributed by atoms with E-state index in [1.165, 1.54) is 13.3 Å². The molecule has 0 aromatic carbocycles. The molecule has 90 valence electrons. The maximum absolute atomic E-state index is 12.0. The van der Waals surface area contributed by atoms with E-state index in [4.69, 9.17) is 4.74 Å². The molecular formula is C11H12N2O4. The van der Waals surface area contributed by atoms with Gasteiger partial charge in [0.15, 0.2) is 5.41 Å². The fraction of sp³-hybridized carbons (Fsp3) is 0.364. The van der Waals surface area contributed by atoms with Crippen molar-refractivity contribution in [2.75, 3.05) is 25.6 Å². The van der Waals surface area contributed by atoms with E-state index in [-0.39, 0.29) is 13.2 Å². The summed E-state index contributed by atoms with van der Waals surface area (Å²) in [5.74, 6) is -1.01. The zero-order valence-electron chi connectivity index (χ0n) is 9.30. The predicted molar refractivity (Wildman–Crippen MR) is 58.1 cm³/mol. The van der Waals surface area contributed by atoms with Gasteiger partial charge in [-0.15, -0.1) is 0 Å². The Labute approximate surface area is 97.9 Å². The lowest BCUT2D eigenvalue weighted by Gasteiger charge is -2.36. The van der Waals surface area contributed by atoms with Crippen LogP contribution in [-0.4, -0.2) is 37.2 Å². The first-order valence-corrected chi connectivity index (χ1v) is 5.07. The summed E-state index contributed by atoms with van der Waals surface area (Å²) in [5.41, 5.74) is -0.683. The summed E-state index contributed by atoms with van der Waals surface area (Å²) < 4.78 is 9.56. The lowest BCUT2D eigenvalue weighted by Crippen LogP contribution is -2.57. The Bertz CT molecular complexity index is 428. The fourth-order valence-electron chi connectivity index (χ4n) is 1.53. The maximum Gasteiger partial charge on any atom is 0.326 e. The molecule has 0 aliphatic carbocycles. The van der Waals surface area contributed by atoms with Gasteiger partial charge in [-0.3, -0.25) is 14.6 Å². The molecule has 0 radical (unpaired) electrons. The third kappa shape index (κ3) is 1.99. The highest BCUT2D eigenvalue weighted by Crippen LogP contribution is 2.30. The van der Waals surface area contributed by atoms with Gasteiger partial charge in [0.2, 0.25) is 5.91 Å². The van der Waals surface area contributed by atoms with Gasteiger partial charge in [-0.05, 0) is 12.1 Å². The van der Waals surface area contributed by atoms with Gasteiger partial charge in [0.1, 0.15) is 0 Å². The Morgan fingerprint density at radius 2 is 2.29 bits per heavy atom. The second-order valence-corrected chi connectivity index (χ2v) is 3.76. The van der Waals surface area contributed by atoms with Crippen molar-refractivity contribution in [3.8, 4) is 0 Å². The number of carbonyl (C=O) groups excluding carboxylic acids is 2. The number of hydrogen-bond acceptors (Lipinski definition) is 5. The first-order valence-electron chi connectivity index (χ1n) is 5.07. The Morgan fingerprint density at radius 1 is 1.53 bits per heavy atom. The van der Waals surface area contributed by atoms with Crippen molar-refractivity contribution < 1.29 is 19.1 Å². The minimum absolute atomic E-state index is 0.0474. The molecule has 0 unspecified atom stereocenters. The summed E-state index contributed by atoms with van der Waals surface area (Å²) in [6, 6.07) is 3.38. The minimum atomic E-state index is -1.22. The number of amides is 1. The molecule has 0 saturated carbocycles. The van der Waals surface area contributed by atoms with Crippen LogP contribution in [0.15, 0.2) is 24.5 Å². The lowest BCUT2D eigenvalue weighted by atomic mass is 9.85. The number of methoxy groups -OCH3 is 1. The summed E-state index contributed by atoms with van der Waals surface area (Å²) in [4.78, 5) is 27.4. The highest BCUT2D eigenvalue weighted by atomic mass is 16.5. The number of hydrogen-bond donors (Lipinski definition) is 1. The normalized spacial score (nSPS) is 16.8. The topological polar surface area (TPSA) is 77.5 Å². The van der Waals surface area contributed by atoms with Crippen molar-refractivity contribution in [1.29, 1.82) is 0 Å². The number of anilines is 1. The summed E-state index contributed by atoms with van der Waals surface area (Å²) in [6.07, 6.45) is 3.10. The quantitative estimate of drug-likeness (QED) is 0.599. The SMILES string of the molecule is COC(=O)C1(C(=O)Nc2cccnc2)COC1. The molecular weight excluding hydrogens is 224 g/mol. The molecule has 0 atom stereocenters. The van der Waals surface area contributed by atoms with Crippen LogP contribution in [0.5, 0.6) is 0 Å². The molecule has 1 aliphatic rings. The first kappa shape index (κ1) is 11.5. The molecule has 2 rings (SSSR count). The van der Waals surface area contributed by atoms with Gasteiger partial charge in [-0.1, -0.05) is 0 Å². The highest BCUT2D eigenvalue weighted by molar-refractivity contribution is 6.09. The van der Waals surface area contributed by atoms with Crippen molar-refractivity contribution in [1.82, 2.24) is 4.98 Å². The molecule has 1 aromatic rings. The van der Waals surface area contributed by atoms with Crippen LogP contribution in [0.3, 0.4) is 0 Å². The molecule has 0 spiro atoms. The van der Waals surface area contributed by atoms with E-state index in [0.29, 0.717) is 5.69 Å². The number of nitrogens with zero attached hydrogens (tertiary/aromatic N) is 1. The number of pyridine rings is 1. The average Bonchev–Trinajstić information content (AvgIpc) is 2.28. The van der Waals surface area contributed by atoms with Gasteiger partial charge < -0.3 is 14.8 Å². The summed E-state index contributed by atoms with van der Waals surface area (Å²) in [7, 11) is 1.25. The third-order valence-electron chi connectivity index (χ3n) is 2.63. The van der Waals surface area contributed by atoms with Crippen molar-refractivity contribution in [2.24, 2.45) is 5.41 Å². The lowest BCUT2D eigenvalue weighted by molar-refractivity contribution is -0.185. The van der Waals surface area contributed by atoms with Crippen LogP contribution < -0.4 is 5.32 Å². The monoisotopic (exact) mass is 236 g/mol. The molecule has 17 heavy (non-hydrogen) atoms. The van der Waals surface area contributed by atoms with Crippen LogP contribution in [0.2, 0.25) is 0 Å². The van der Waals surface area contributed by atoms with Crippen LogP contribution in [0.4, 0.5) is 5.69 Å². The Morgan fingerprint density at radius 3 is 2.76 bits per heavy atom. The number of aromatic nitrogens is 1. The van der Waals surface area contributed by atoms with Crippen molar-refractivity contribution in [3.63, 3.8) is 0 Å². The minimum Gasteiger partial charge on any atom is -0.468 e. The molecule has 6 nitrogen and oxygen atoms in total. The standard InChI is InChI=1S/C11H12N2O4/c1-16-10(15)11(6-17-7-11)9(14)13-8-3-2-4-12-5-8/h2-5H,6-7H2,1H3,(H,13,14). The van der Waals surface area contributed by atoms with E-state index in [2.05, 4.69) is 15.0 Å². The Hall–Kier alpha value is -1.95. The van der Waals surface area contributed by atoms with Crippen LogP contribution >= 0.6 is 0 Å². The highest BCUT2D eigenvalue weighted by Gasteiger charge is 2.54. The molecule has 1 amide bonds. The van der Waals surface area contributed by atoms with Crippen molar-refractivity contribution in [2.45, 2.75) is 0 Å². The summed E-state index contributed by atoms with van der Waals surface area (Å²) in [6.45, 7) is 0.0948. The van der Waals surface area contributed by atoms with Crippen LogP contribution in [0, 0.1) is 5.41 Å². The van der Waals surface area contributed by atoms with Gasteiger partial charge in [-0.2, -0.15) is 0 Å². The number of rotatable bonds is 3.